The lowest BCUT2D eigenvalue weighted by molar-refractivity contribution is 0.133. The number of hydrogen-bond donors (Lipinski definition) is 1. The molecule has 112 valence electrons. The molecule has 2 rings (SSSR count). The fraction of sp³-hybridized carbons (Fsp3) is 0.600. The van der Waals surface area contributed by atoms with Gasteiger partial charge in [0.25, 0.3) is 0 Å². The molecule has 1 atom stereocenters. The van der Waals surface area contributed by atoms with Gasteiger partial charge in [-0.2, -0.15) is 0 Å². The highest BCUT2D eigenvalue weighted by atomic mass is 79.9. The number of rotatable bonds is 5. The summed E-state index contributed by atoms with van der Waals surface area (Å²) in [6, 6.07) is 6.02. The van der Waals surface area contributed by atoms with E-state index >= 15 is 0 Å². The van der Waals surface area contributed by atoms with Crippen LogP contribution in [0.5, 0.6) is 5.75 Å². The minimum atomic E-state index is -0.0123. The lowest BCUT2D eigenvalue weighted by atomic mass is 10.1. The molecule has 2 N–H and O–H groups in total. The third kappa shape index (κ3) is 4.45. The minimum absolute atomic E-state index is 0.0123. The summed E-state index contributed by atoms with van der Waals surface area (Å²) in [5.74, 6) is 0.892. The van der Waals surface area contributed by atoms with Crippen molar-refractivity contribution in [2.75, 3.05) is 46.4 Å². The maximum absolute atomic E-state index is 5.98. The third-order valence-corrected chi connectivity index (χ3v) is 4.22. The van der Waals surface area contributed by atoms with Crippen molar-refractivity contribution in [3.63, 3.8) is 0 Å². The van der Waals surface area contributed by atoms with Crippen molar-refractivity contribution in [2.45, 2.75) is 13.0 Å². The van der Waals surface area contributed by atoms with Gasteiger partial charge in [0.1, 0.15) is 12.4 Å². The highest BCUT2D eigenvalue weighted by Gasteiger charge is 2.14. The van der Waals surface area contributed by atoms with Crippen LogP contribution in [0.2, 0.25) is 0 Å². The fourth-order valence-corrected chi connectivity index (χ4v) is 2.71. The number of ether oxygens (including phenoxy) is 1. The molecule has 1 aliphatic rings. The number of piperazine rings is 1. The van der Waals surface area contributed by atoms with Crippen LogP contribution in [0.1, 0.15) is 18.5 Å². The van der Waals surface area contributed by atoms with E-state index in [9.17, 15) is 0 Å². The van der Waals surface area contributed by atoms with E-state index in [0.29, 0.717) is 6.61 Å². The predicted octanol–water partition coefficient (Wildman–Crippen LogP) is 2.10. The zero-order valence-electron chi connectivity index (χ0n) is 12.3. The molecule has 0 radical (unpaired) electrons. The van der Waals surface area contributed by atoms with Gasteiger partial charge >= 0.3 is 0 Å². The van der Waals surface area contributed by atoms with Crippen LogP contribution in [-0.2, 0) is 0 Å². The van der Waals surface area contributed by atoms with Crippen LogP contribution in [0.25, 0.3) is 0 Å². The van der Waals surface area contributed by atoms with Gasteiger partial charge < -0.3 is 15.4 Å². The second-order valence-electron chi connectivity index (χ2n) is 5.46. The molecule has 1 heterocycles. The Labute approximate surface area is 130 Å². The Hall–Kier alpha value is -0.620. The van der Waals surface area contributed by atoms with E-state index in [1.807, 2.05) is 25.1 Å². The molecule has 0 aliphatic carbocycles. The lowest BCUT2D eigenvalue weighted by Crippen LogP contribution is -2.45. The Morgan fingerprint density at radius 1 is 1.30 bits per heavy atom. The van der Waals surface area contributed by atoms with Crippen molar-refractivity contribution in [1.29, 1.82) is 0 Å². The van der Waals surface area contributed by atoms with Crippen molar-refractivity contribution in [3.8, 4) is 5.75 Å². The van der Waals surface area contributed by atoms with Crippen molar-refractivity contribution in [1.82, 2.24) is 9.80 Å². The van der Waals surface area contributed by atoms with Crippen LogP contribution >= 0.6 is 15.9 Å². The van der Waals surface area contributed by atoms with Crippen molar-refractivity contribution in [2.24, 2.45) is 5.73 Å². The molecule has 0 aromatic heterocycles. The smallest absolute Gasteiger partial charge is 0.125 e. The Kier molecular flexibility index (Phi) is 5.84. The molecule has 1 saturated heterocycles. The minimum Gasteiger partial charge on any atom is -0.492 e. The van der Waals surface area contributed by atoms with E-state index in [1.165, 1.54) is 0 Å². The molecule has 1 fully saturated rings. The van der Waals surface area contributed by atoms with Gasteiger partial charge in [-0.25, -0.2) is 0 Å². The summed E-state index contributed by atoms with van der Waals surface area (Å²) in [5, 5.41) is 0. The number of hydrogen-bond acceptors (Lipinski definition) is 4. The van der Waals surface area contributed by atoms with E-state index < -0.39 is 0 Å². The van der Waals surface area contributed by atoms with Crippen molar-refractivity contribution in [3.05, 3.63) is 28.2 Å². The van der Waals surface area contributed by atoms with Gasteiger partial charge in [0.2, 0.25) is 0 Å². The Morgan fingerprint density at radius 3 is 2.65 bits per heavy atom. The van der Waals surface area contributed by atoms with Crippen LogP contribution in [0.15, 0.2) is 22.7 Å². The van der Waals surface area contributed by atoms with Gasteiger partial charge in [-0.1, -0.05) is 22.0 Å². The second kappa shape index (κ2) is 7.41. The molecule has 20 heavy (non-hydrogen) atoms. The molecule has 0 bridgehead atoms. The number of nitrogens with two attached hydrogens (primary N) is 1. The summed E-state index contributed by atoms with van der Waals surface area (Å²) in [7, 11) is 2.17. The first-order chi connectivity index (χ1) is 9.56. The molecule has 4 nitrogen and oxygen atoms in total. The number of nitrogens with zero attached hydrogens (tertiary/aromatic N) is 2. The molecule has 0 spiro atoms. The fourth-order valence-electron chi connectivity index (χ4n) is 2.37. The largest absolute Gasteiger partial charge is 0.492 e. The molecule has 0 unspecified atom stereocenters. The highest BCUT2D eigenvalue weighted by molar-refractivity contribution is 9.10. The van der Waals surface area contributed by atoms with Crippen molar-refractivity contribution >= 4 is 15.9 Å². The topological polar surface area (TPSA) is 41.7 Å². The van der Waals surface area contributed by atoms with Gasteiger partial charge in [-0.15, -0.1) is 0 Å². The summed E-state index contributed by atoms with van der Waals surface area (Å²) in [4.78, 5) is 4.81. The molecule has 0 amide bonds. The van der Waals surface area contributed by atoms with E-state index in [4.69, 9.17) is 10.5 Å². The molecule has 1 aromatic rings. The zero-order valence-corrected chi connectivity index (χ0v) is 13.9. The van der Waals surface area contributed by atoms with E-state index in [1.54, 1.807) is 0 Å². The monoisotopic (exact) mass is 341 g/mol. The standard InChI is InChI=1S/C15H24BrN3O/c1-12(17)14-4-3-13(16)11-15(14)20-10-9-19-7-5-18(2)6-8-19/h3-4,11-12H,5-10,17H2,1-2H3/t12-/m0/s1. The molecular formula is C15H24BrN3O. The van der Waals surface area contributed by atoms with Crippen LogP contribution < -0.4 is 10.5 Å². The molecular weight excluding hydrogens is 318 g/mol. The number of halogens is 1. The Balaban J connectivity index is 1.86. The summed E-state index contributed by atoms with van der Waals surface area (Å²) in [6.45, 7) is 8.19. The molecule has 5 heteroatoms. The van der Waals surface area contributed by atoms with Gasteiger partial charge in [0.15, 0.2) is 0 Å². The predicted molar refractivity (Wildman–Crippen MR) is 86.2 cm³/mol. The quantitative estimate of drug-likeness (QED) is 0.890. The highest BCUT2D eigenvalue weighted by Crippen LogP contribution is 2.27. The molecule has 1 aromatic carbocycles. The van der Waals surface area contributed by atoms with Crippen LogP contribution in [-0.4, -0.2) is 56.2 Å². The first-order valence-electron chi connectivity index (χ1n) is 7.15. The number of likely N-dealkylation sites (N-methyl/N-ethyl adjacent to an activating group) is 1. The summed E-state index contributed by atoms with van der Waals surface area (Å²) in [6.07, 6.45) is 0. The lowest BCUT2D eigenvalue weighted by Gasteiger charge is -2.32. The first-order valence-corrected chi connectivity index (χ1v) is 7.94. The van der Waals surface area contributed by atoms with Gasteiger partial charge in [-0.05, 0) is 26.1 Å². The number of benzene rings is 1. The van der Waals surface area contributed by atoms with Gasteiger partial charge in [0.05, 0.1) is 0 Å². The Morgan fingerprint density at radius 2 is 2.00 bits per heavy atom. The van der Waals surface area contributed by atoms with Crippen molar-refractivity contribution < 1.29 is 4.74 Å². The van der Waals surface area contributed by atoms with Gasteiger partial charge in [0, 0.05) is 48.8 Å². The SMILES string of the molecule is C[C@H](N)c1ccc(Br)cc1OCCN1CCN(C)CC1. The summed E-state index contributed by atoms with van der Waals surface area (Å²) < 4.78 is 6.97. The normalized spacial score (nSPS) is 19.0. The molecule has 1 aliphatic heterocycles. The first kappa shape index (κ1) is 15.8. The van der Waals surface area contributed by atoms with Crippen LogP contribution in [0.3, 0.4) is 0 Å². The van der Waals surface area contributed by atoms with Crippen LogP contribution in [0.4, 0.5) is 0 Å². The summed E-state index contributed by atoms with van der Waals surface area (Å²) in [5.41, 5.74) is 7.04. The third-order valence-electron chi connectivity index (χ3n) is 3.73. The average molecular weight is 342 g/mol. The van der Waals surface area contributed by atoms with E-state index in [-0.39, 0.29) is 6.04 Å². The summed E-state index contributed by atoms with van der Waals surface area (Å²) >= 11 is 3.48. The maximum atomic E-state index is 5.98. The maximum Gasteiger partial charge on any atom is 0.125 e. The Bertz CT molecular complexity index is 431. The molecule has 0 saturated carbocycles. The van der Waals surface area contributed by atoms with E-state index in [0.717, 1.165) is 48.5 Å². The van der Waals surface area contributed by atoms with E-state index in [2.05, 4.69) is 32.8 Å². The van der Waals surface area contributed by atoms with Gasteiger partial charge in [-0.3, -0.25) is 4.90 Å². The average Bonchev–Trinajstić information content (AvgIpc) is 2.41. The second-order valence-corrected chi connectivity index (χ2v) is 6.38. The van der Waals surface area contributed by atoms with Crippen LogP contribution in [0, 0.1) is 0 Å². The zero-order chi connectivity index (χ0) is 14.5.